The van der Waals surface area contributed by atoms with Crippen LogP contribution in [0.25, 0.3) is 0 Å². The molecular formula is C21H19F7N4O2. The second kappa shape index (κ2) is 9.11. The summed E-state index contributed by atoms with van der Waals surface area (Å²) in [5, 5.41) is 3.99. The molecule has 0 radical (unpaired) electrons. The van der Waals surface area contributed by atoms with Crippen LogP contribution in [0.4, 0.5) is 41.2 Å². The van der Waals surface area contributed by atoms with Crippen molar-refractivity contribution in [1.82, 2.24) is 9.91 Å². The predicted octanol–water partition coefficient (Wildman–Crippen LogP) is 5.50. The number of benzene rings is 2. The van der Waals surface area contributed by atoms with E-state index in [0.717, 1.165) is 17.0 Å². The summed E-state index contributed by atoms with van der Waals surface area (Å²) in [4.78, 5) is 26.0. The largest absolute Gasteiger partial charge is 0.416 e. The molecule has 0 unspecified atom stereocenters. The molecule has 3 rings (SSSR count). The molecule has 1 heterocycles. The van der Waals surface area contributed by atoms with E-state index in [0.29, 0.717) is 22.6 Å². The number of nitroso groups, excluding NO2 is 1. The lowest BCUT2D eigenvalue weighted by atomic mass is 9.93. The third kappa shape index (κ3) is 5.23. The third-order valence-corrected chi connectivity index (χ3v) is 5.73. The molecule has 0 N–H and O–H groups in total. The van der Waals surface area contributed by atoms with Crippen molar-refractivity contribution in [2.45, 2.75) is 24.3 Å². The van der Waals surface area contributed by atoms with E-state index >= 15 is 0 Å². The van der Waals surface area contributed by atoms with Gasteiger partial charge < -0.3 is 4.90 Å². The number of carbonyl (C=O) groups excluding carboxylic acids is 1. The van der Waals surface area contributed by atoms with Crippen LogP contribution in [0.3, 0.4) is 0 Å². The first-order valence-electron chi connectivity index (χ1n) is 9.86. The minimum atomic E-state index is -5.07. The number of carbonyl (C=O) groups is 1. The van der Waals surface area contributed by atoms with Gasteiger partial charge in [0.1, 0.15) is 5.82 Å². The van der Waals surface area contributed by atoms with Crippen molar-refractivity contribution in [3.8, 4) is 0 Å². The Morgan fingerprint density at radius 3 is 1.94 bits per heavy atom. The van der Waals surface area contributed by atoms with E-state index in [2.05, 4.69) is 5.29 Å². The van der Waals surface area contributed by atoms with E-state index < -0.39 is 53.0 Å². The first-order valence-corrected chi connectivity index (χ1v) is 9.86. The summed E-state index contributed by atoms with van der Waals surface area (Å²) in [6.07, 6.45) is -10.1. The number of hydrogen-bond donors (Lipinski definition) is 0. The van der Waals surface area contributed by atoms with Crippen molar-refractivity contribution in [2.75, 3.05) is 32.1 Å². The molecule has 6 nitrogen and oxygen atoms in total. The molecule has 1 saturated heterocycles. The SMILES string of the molecule is CN(C(=O)N(C)[C@@H]1CN(N=O)C[C@H]1c1ccc(F)cc1)c1cc(C(F)(F)F)cc(C(F)(F)F)c1. The third-order valence-electron chi connectivity index (χ3n) is 5.73. The zero-order chi connectivity index (χ0) is 25.4. The zero-order valence-electron chi connectivity index (χ0n) is 17.9. The van der Waals surface area contributed by atoms with E-state index in [9.17, 15) is 40.4 Å². The number of hydrogen-bond acceptors (Lipinski definition) is 3. The first kappa shape index (κ1) is 25.2. The summed E-state index contributed by atoms with van der Waals surface area (Å²) in [5.74, 6) is -1.01. The Morgan fingerprint density at radius 2 is 1.47 bits per heavy atom. The molecule has 2 atom stereocenters. The van der Waals surface area contributed by atoms with Crippen molar-refractivity contribution in [3.63, 3.8) is 0 Å². The molecule has 2 aromatic carbocycles. The van der Waals surface area contributed by atoms with E-state index in [-0.39, 0.29) is 19.2 Å². The van der Waals surface area contributed by atoms with Crippen molar-refractivity contribution in [1.29, 1.82) is 0 Å². The summed E-state index contributed by atoms with van der Waals surface area (Å²) < 4.78 is 92.5. The molecule has 2 aromatic rings. The van der Waals surface area contributed by atoms with Gasteiger partial charge in [0.05, 0.1) is 29.0 Å². The molecule has 1 fully saturated rings. The minimum Gasteiger partial charge on any atom is -0.322 e. The van der Waals surface area contributed by atoms with Gasteiger partial charge in [0.2, 0.25) is 0 Å². The molecule has 13 heteroatoms. The fourth-order valence-corrected chi connectivity index (χ4v) is 3.88. The van der Waals surface area contributed by atoms with Gasteiger partial charge in [0.25, 0.3) is 0 Å². The Labute approximate surface area is 189 Å². The summed E-state index contributed by atoms with van der Waals surface area (Å²) in [6.45, 7) is 0.0565. The highest BCUT2D eigenvalue weighted by atomic mass is 19.4. The van der Waals surface area contributed by atoms with Gasteiger partial charge in [-0.05, 0) is 35.9 Å². The lowest BCUT2D eigenvalue weighted by Crippen LogP contribution is -2.47. The summed E-state index contributed by atoms with van der Waals surface area (Å²) in [5.41, 5.74) is -3.14. The number of amides is 2. The fourth-order valence-electron chi connectivity index (χ4n) is 3.88. The van der Waals surface area contributed by atoms with E-state index in [4.69, 9.17) is 0 Å². The van der Waals surface area contributed by atoms with Gasteiger partial charge in [-0.2, -0.15) is 26.3 Å². The Kier molecular flexibility index (Phi) is 6.76. The second-order valence-electron chi connectivity index (χ2n) is 7.90. The maximum absolute atomic E-state index is 13.3. The molecule has 0 bridgehead atoms. The van der Waals surface area contributed by atoms with Crippen LogP contribution < -0.4 is 4.90 Å². The molecule has 1 aliphatic heterocycles. The standard InChI is InChI=1S/C21H19F7N4O2/c1-30(16-8-13(20(23,24)25)7-14(9-16)21(26,27)28)19(33)31(2)18-11-32(29-34)10-17(18)12-3-5-15(22)6-4-12/h3-9,17-18H,10-11H2,1-2H3/t17-,18+/m0/s1. The zero-order valence-corrected chi connectivity index (χ0v) is 17.9. The van der Waals surface area contributed by atoms with Crippen molar-refractivity contribution in [2.24, 2.45) is 5.29 Å². The van der Waals surface area contributed by atoms with Gasteiger partial charge in [0, 0.05) is 32.2 Å². The Morgan fingerprint density at radius 1 is 0.941 bits per heavy atom. The average molecular weight is 492 g/mol. The molecule has 0 aromatic heterocycles. The first-order chi connectivity index (χ1) is 15.7. The van der Waals surface area contributed by atoms with E-state index in [1.165, 1.54) is 31.3 Å². The lowest BCUT2D eigenvalue weighted by molar-refractivity contribution is -0.143. The molecule has 34 heavy (non-hydrogen) atoms. The predicted molar refractivity (Wildman–Crippen MR) is 108 cm³/mol. The fraction of sp³-hybridized carbons (Fsp3) is 0.381. The number of halogens is 7. The van der Waals surface area contributed by atoms with Crippen molar-refractivity contribution < 1.29 is 35.5 Å². The van der Waals surface area contributed by atoms with E-state index in [1.54, 1.807) is 0 Å². The molecule has 2 amide bonds. The lowest BCUT2D eigenvalue weighted by Gasteiger charge is -2.32. The number of likely N-dealkylation sites (N-methyl/N-ethyl adjacent to an activating group) is 1. The van der Waals surface area contributed by atoms with Crippen LogP contribution in [-0.2, 0) is 12.4 Å². The van der Waals surface area contributed by atoms with Gasteiger partial charge >= 0.3 is 18.4 Å². The van der Waals surface area contributed by atoms with Gasteiger partial charge in [-0.1, -0.05) is 12.1 Å². The van der Waals surface area contributed by atoms with Crippen LogP contribution in [0, 0.1) is 10.7 Å². The molecule has 0 spiro atoms. The van der Waals surface area contributed by atoms with Crippen LogP contribution in [0.2, 0.25) is 0 Å². The highest BCUT2D eigenvalue weighted by Gasteiger charge is 2.41. The average Bonchev–Trinajstić information content (AvgIpc) is 3.21. The van der Waals surface area contributed by atoms with Crippen LogP contribution >= 0.6 is 0 Å². The molecule has 0 aliphatic carbocycles. The Hall–Kier alpha value is -3.38. The number of rotatable bonds is 4. The topological polar surface area (TPSA) is 56.2 Å². The van der Waals surface area contributed by atoms with Gasteiger partial charge in [-0.3, -0.25) is 9.91 Å². The molecular weight excluding hydrogens is 473 g/mol. The Bertz CT molecular complexity index is 1020. The van der Waals surface area contributed by atoms with Crippen molar-refractivity contribution in [3.05, 3.63) is 69.9 Å². The highest BCUT2D eigenvalue weighted by Crippen LogP contribution is 2.39. The van der Waals surface area contributed by atoms with Crippen LogP contribution in [-0.4, -0.2) is 49.2 Å². The van der Waals surface area contributed by atoms with Crippen molar-refractivity contribution >= 4 is 11.7 Å². The van der Waals surface area contributed by atoms with Gasteiger partial charge in [-0.15, -0.1) is 4.91 Å². The maximum atomic E-state index is 13.3. The number of alkyl halides is 6. The van der Waals surface area contributed by atoms with Crippen LogP contribution in [0.15, 0.2) is 47.8 Å². The molecule has 184 valence electrons. The van der Waals surface area contributed by atoms with Crippen LogP contribution in [0.5, 0.6) is 0 Å². The quantitative estimate of drug-likeness (QED) is 0.419. The van der Waals surface area contributed by atoms with Gasteiger partial charge in [-0.25, -0.2) is 9.18 Å². The van der Waals surface area contributed by atoms with Gasteiger partial charge in [0.15, 0.2) is 0 Å². The summed E-state index contributed by atoms with van der Waals surface area (Å²) >= 11 is 0. The number of urea groups is 1. The normalized spacial score (nSPS) is 18.7. The smallest absolute Gasteiger partial charge is 0.322 e. The number of nitrogens with zero attached hydrogens (tertiary/aromatic N) is 4. The summed E-state index contributed by atoms with van der Waals surface area (Å²) in [7, 11) is 2.36. The van der Waals surface area contributed by atoms with E-state index in [1.807, 2.05) is 0 Å². The maximum Gasteiger partial charge on any atom is 0.416 e. The molecule has 1 aliphatic rings. The number of anilines is 1. The minimum absolute atomic E-state index is 0.0271. The van der Waals surface area contributed by atoms with Crippen LogP contribution in [0.1, 0.15) is 22.6 Å². The Balaban J connectivity index is 1.93. The molecule has 0 saturated carbocycles. The summed E-state index contributed by atoms with van der Waals surface area (Å²) in [6, 6.07) is 4.57. The monoisotopic (exact) mass is 492 g/mol. The highest BCUT2D eigenvalue weighted by molar-refractivity contribution is 5.92. The second-order valence-corrected chi connectivity index (χ2v) is 7.90.